The second kappa shape index (κ2) is 5.62. The van der Waals surface area contributed by atoms with Crippen LogP contribution in [0.4, 0.5) is 0 Å². The maximum Gasteiger partial charge on any atom is 0.276 e. The Bertz CT molecular complexity index is 500. The fraction of sp³-hybridized carbons (Fsp3) is 0.667. The molecule has 1 saturated heterocycles. The number of sulfonamides is 1. The van der Waals surface area contributed by atoms with Gasteiger partial charge in [-0.15, -0.1) is 0 Å². The van der Waals surface area contributed by atoms with Gasteiger partial charge in [0.25, 0.3) is 10.0 Å². The molecule has 0 aliphatic carbocycles. The predicted octanol–water partition coefficient (Wildman–Crippen LogP) is 0.619. The Morgan fingerprint density at radius 2 is 2.32 bits per heavy atom. The van der Waals surface area contributed by atoms with Crippen molar-refractivity contribution in [1.82, 2.24) is 9.21 Å². The fourth-order valence-corrected chi connectivity index (χ4v) is 3.47. The van der Waals surface area contributed by atoms with Crippen LogP contribution in [0.3, 0.4) is 0 Å². The SMILES string of the molecule is CO[C@H]1C[C@@H](CN(C)S(=O)(=O)c2ccco2)N(C)C1. The van der Waals surface area contributed by atoms with Gasteiger partial charge in [-0.2, -0.15) is 4.31 Å². The Morgan fingerprint density at radius 1 is 1.58 bits per heavy atom. The van der Waals surface area contributed by atoms with Gasteiger partial charge in [0.15, 0.2) is 0 Å². The van der Waals surface area contributed by atoms with Gasteiger partial charge in [-0.1, -0.05) is 0 Å². The summed E-state index contributed by atoms with van der Waals surface area (Å²) >= 11 is 0. The third-order valence-electron chi connectivity index (χ3n) is 3.61. The van der Waals surface area contributed by atoms with E-state index in [4.69, 9.17) is 9.15 Å². The van der Waals surface area contributed by atoms with Crippen LogP contribution >= 0.6 is 0 Å². The zero-order chi connectivity index (χ0) is 14.0. The van der Waals surface area contributed by atoms with Crippen molar-refractivity contribution in [3.63, 3.8) is 0 Å². The highest BCUT2D eigenvalue weighted by atomic mass is 32.2. The number of likely N-dealkylation sites (N-methyl/N-ethyl adjacent to an activating group) is 2. The number of methoxy groups -OCH3 is 1. The molecule has 0 bridgehead atoms. The van der Waals surface area contributed by atoms with Crippen molar-refractivity contribution in [2.24, 2.45) is 0 Å². The first-order chi connectivity index (χ1) is 8.95. The van der Waals surface area contributed by atoms with Crippen LogP contribution in [0.5, 0.6) is 0 Å². The number of furan rings is 1. The summed E-state index contributed by atoms with van der Waals surface area (Å²) < 4.78 is 36.1. The van der Waals surface area contributed by atoms with Crippen molar-refractivity contribution in [1.29, 1.82) is 0 Å². The normalized spacial score (nSPS) is 25.3. The third-order valence-corrected chi connectivity index (χ3v) is 5.32. The minimum atomic E-state index is -3.53. The molecule has 108 valence electrons. The van der Waals surface area contributed by atoms with Crippen molar-refractivity contribution in [2.75, 3.05) is 34.3 Å². The summed E-state index contributed by atoms with van der Waals surface area (Å²) in [5.41, 5.74) is 0. The maximum absolute atomic E-state index is 12.2. The van der Waals surface area contributed by atoms with Crippen LogP contribution in [0.1, 0.15) is 6.42 Å². The van der Waals surface area contributed by atoms with Gasteiger partial charge in [0.05, 0.1) is 12.4 Å². The van der Waals surface area contributed by atoms with Crippen molar-refractivity contribution >= 4 is 10.0 Å². The number of nitrogens with zero attached hydrogens (tertiary/aromatic N) is 2. The Morgan fingerprint density at radius 3 is 2.84 bits per heavy atom. The first-order valence-corrected chi connectivity index (χ1v) is 7.62. The lowest BCUT2D eigenvalue weighted by atomic mass is 10.2. The molecule has 1 fully saturated rings. The highest BCUT2D eigenvalue weighted by molar-refractivity contribution is 7.89. The first kappa shape index (κ1) is 14.5. The van der Waals surface area contributed by atoms with Crippen LogP contribution in [-0.4, -0.2) is 64.1 Å². The lowest BCUT2D eigenvalue weighted by Gasteiger charge is -2.24. The van der Waals surface area contributed by atoms with E-state index < -0.39 is 10.0 Å². The molecule has 0 N–H and O–H groups in total. The molecule has 0 radical (unpaired) electrons. The van der Waals surface area contributed by atoms with Crippen LogP contribution < -0.4 is 0 Å². The minimum absolute atomic E-state index is 0.0149. The Kier molecular flexibility index (Phi) is 4.29. The number of likely N-dealkylation sites (tertiary alicyclic amines) is 1. The molecule has 2 heterocycles. The molecule has 1 aromatic rings. The molecule has 0 spiro atoms. The van der Waals surface area contributed by atoms with Crippen molar-refractivity contribution in [3.8, 4) is 0 Å². The van der Waals surface area contributed by atoms with Crippen LogP contribution in [-0.2, 0) is 14.8 Å². The molecule has 0 saturated carbocycles. The zero-order valence-electron chi connectivity index (χ0n) is 11.4. The van der Waals surface area contributed by atoms with E-state index in [-0.39, 0.29) is 17.2 Å². The van der Waals surface area contributed by atoms with Gasteiger partial charge >= 0.3 is 0 Å². The van der Waals surface area contributed by atoms with Gasteiger partial charge in [-0.3, -0.25) is 4.90 Å². The largest absolute Gasteiger partial charge is 0.452 e. The Labute approximate surface area is 114 Å². The summed E-state index contributed by atoms with van der Waals surface area (Å²) in [4.78, 5) is 2.13. The topological polar surface area (TPSA) is 63.0 Å². The Hall–Kier alpha value is -0.890. The van der Waals surface area contributed by atoms with Crippen molar-refractivity contribution < 1.29 is 17.6 Å². The summed E-state index contributed by atoms with van der Waals surface area (Å²) in [6, 6.07) is 3.20. The van der Waals surface area contributed by atoms with Gasteiger partial charge in [-0.05, 0) is 25.6 Å². The third kappa shape index (κ3) is 3.00. The predicted molar refractivity (Wildman–Crippen MR) is 70.4 cm³/mol. The number of hydrogen-bond acceptors (Lipinski definition) is 5. The fourth-order valence-electron chi connectivity index (χ4n) is 2.37. The summed E-state index contributed by atoms with van der Waals surface area (Å²) in [5.74, 6) is 0. The minimum Gasteiger partial charge on any atom is -0.452 e. The van der Waals surface area contributed by atoms with Crippen LogP contribution in [0.15, 0.2) is 27.9 Å². The summed E-state index contributed by atoms with van der Waals surface area (Å²) in [7, 11) is 1.71. The van der Waals surface area contributed by atoms with Crippen LogP contribution in [0, 0.1) is 0 Å². The molecular weight excluding hydrogens is 268 g/mol. The van der Waals surface area contributed by atoms with E-state index in [0.29, 0.717) is 6.54 Å². The smallest absolute Gasteiger partial charge is 0.276 e. The van der Waals surface area contributed by atoms with Gasteiger partial charge in [0, 0.05) is 33.3 Å². The van der Waals surface area contributed by atoms with Crippen molar-refractivity contribution in [3.05, 3.63) is 18.4 Å². The Balaban J connectivity index is 2.04. The second-order valence-electron chi connectivity index (χ2n) is 4.90. The quantitative estimate of drug-likeness (QED) is 0.795. The van der Waals surface area contributed by atoms with E-state index in [1.807, 2.05) is 7.05 Å². The van der Waals surface area contributed by atoms with Gasteiger partial charge < -0.3 is 9.15 Å². The molecule has 6 nitrogen and oxygen atoms in total. The monoisotopic (exact) mass is 288 g/mol. The van der Waals surface area contributed by atoms with E-state index in [0.717, 1.165) is 13.0 Å². The molecule has 2 rings (SSSR count). The molecule has 7 heteroatoms. The lowest BCUT2D eigenvalue weighted by Crippen LogP contribution is -2.39. The van der Waals surface area contributed by atoms with Crippen molar-refractivity contribution in [2.45, 2.75) is 23.7 Å². The molecule has 0 aromatic carbocycles. The van der Waals surface area contributed by atoms with E-state index in [2.05, 4.69) is 4.90 Å². The average molecular weight is 288 g/mol. The van der Waals surface area contributed by atoms with E-state index >= 15 is 0 Å². The van der Waals surface area contributed by atoms with Crippen LogP contribution in [0.2, 0.25) is 0 Å². The zero-order valence-corrected chi connectivity index (χ0v) is 12.3. The van der Waals surface area contributed by atoms with Gasteiger partial charge in [0.1, 0.15) is 0 Å². The van der Waals surface area contributed by atoms with E-state index in [9.17, 15) is 8.42 Å². The maximum atomic E-state index is 12.2. The molecule has 0 unspecified atom stereocenters. The highest BCUT2D eigenvalue weighted by Crippen LogP contribution is 2.21. The molecule has 0 amide bonds. The second-order valence-corrected chi connectivity index (χ2v) is 6.88. The molecule has 1 aliphatic rings. The first-order valence-electron chi connectivity index (χ1n) is 6.18. The summed E-state index contributed by atoms with van der Waals surface area (Å²) in [6.07, 6.45) is 2.38. The lowest BCUT2D eigenvalue weighted by molar-refractivity contribution is 0.111. The molecule has 19 heavy (non-hydrogen) atoms. The summed E-state index contributed by atoms with van der Waals surface area (Å²) in [6.45, 7) is 1.26. The molecule has 1 aliphatic heterocycles. The van der Waals surface area contributed by atoms with E-state index in [1.54, 1.807) is 20.2 Å². The number of ether oxygens (including phenoxy) is 1. The standard InChI is InChI=1S/C12H20N2O4S/c1-13-9-11(17-3)7-10(13)8-14(2)19(15,16)12-5-4-6-18-12/h4-6,10-11H,7-9H2,1-3H3/t10-,11-/m0/s1. The van der Waals surface area contributed by atoms with Gasteiger partial charge in [-0.25, -0.2) is 8.42 Å². The molecule has 2 atom stereocenters. The molecule has 1 aromatic heterocycles. The van der Waals surface area contributed by atoms with Gasteiger partial charge in [0.2, 0.25) is 5.09 Å². The highest BCUT2D eigenvalue weighted by Gasteiger charge is 2.33. The number of rotatable bonds is 5. The van der Waals surface area contributed by atoms with Crippen LogP contribution in [0.25, 0.3) is 0 Å². The number of hydrogen-bond donors (Lipinski definition) is 0. The van der Waals surface area contributed by atoms with E-state index in [1.165, 1.54) is 16.6 Å². The summed E-state index contributed by atoms with van der Waals surface area (Å²) in [5, 5.41) is -0.0149. The molecular formula is C12H20N2O4S. The average Bonchev–Trinajstić information content (AvgIpc) is 2.99.